The number of nitrogens with zero attached hydrogens (tertiary/aromatic N) is 2. The summed E-state index contributed by atoms with van der Waals surface area (Å²) < 4.78 is 0. The molecule has 0 aromatic carbocycles. The third kappa shape index (κ3) is 3.89. The van der Waals surface area contributed by atoms with Gasteiger partial charge < -0.3 is 5.43 Å². The number of hydrogen-bond acceptors (Lipinski definition) is 6. The van der Waals surface area contributed by atoms with E-state index in [0.717, 1.165) is 4.90 Å². The summed E-state index contributed by atoms with van der Waals surface area (Å²) in [5.41, 5.74) is 5.47. The largest absolute Gasteiger partial charge is 0.331 e. The average Bonchev–Trinajstić information content (AvgIpc) is 2.61. The lowest BCUT2D eigenvalue weighted by Crippen LogP contribution is -2.60. The number of pyridine rings is 1. The van der Waals surface area contributed by atoms with E-state index in [-0.39, 0.29) is 12.2 Å². The summed E-state index contributed by atoms with van der Waals surface area (Å²) in [6.07, 6.45) is 5.76. The molecule has 1 unspecified atom stereocenters. The van der Waals surface area contributed by atoms with Crippen molar-refractivity contribution in [3.8, 4) is 0 Å². The van der Waals surface area contributed by atoms with Gasteiger partial charge in [-0.05, 0) is 19.1 Å². The minimum atomic E-state index is -1.28. The fraction of sp³-hybridized carbons (Fsp3) is 0.188. The molecule has 0 bridgehead atoms. The molecule has 1 atom stereocenters. The second-order valence-electron chi connectivity index (χ2n) is 5.02. The van der Waals surface area contributed by atoms with Gasteiger partial charge in [-0.2, -0.15) is 0 Å². The average molecular weight is 343 g/mol. The van der Waals surface area contributed by atoms with Crippen molar-refractivity contribution < 1.29 is 19.2 Å². The van der Waals surface area contributed by atoms with Crippen molar-refractivity contribution in [2.75, 3.05) is 6.54 Å². The van der Waals surface area contributed by atoms with Crippen molar-refractivity contribution in [2.45, 2.75) is 6.92 Å². The molecule has 9 heteroatoms. The summed E-state index contributed by atoms with van der Waals surface area (Å²) in [5, 5.41) is 2.11. The van der Waals surface area contributed by atoms with Gasteiger partial charge in [0.25, 0.3) is 5.91 Å². The van der Waals surface area contributed by atoms with Gasteiger partial charge in [0.15, 0.2) is 5.92 Å². The zero-order valence-electron chi connectivity index (χ0n) is 13.5. The first kappa shape index (κ1) is 17.9. The van der Waals surface area contributed by atoms with E-state index < -0.39 is 29.7 Å². The molecule has 1 aromatic heterocycles. The molecule has 1 saturated heterocycles. The van der Waals surface area contributed by atoms with Gasteiger partial charge in [-0.25, -0.2) is 4.79 Å². The van der Waals surface area contributed by atoms with Gasteiger partial charge in [0.1, 0.15) is 0 Å². The van der Waals surface area contributed by atoms with Crippen molar-refractivity contribution in [1.82, 2.24) is 26.1 Å². The number of rotatable bonds is 6. The maximum absolute atomic E-state index is 12.4. The second-order valence-corrected chi connectivity index (χ2v) is 5.02. The van der Waals surface area contributed by atoms with E-state index in [2.05, 4.69) is 27.7 Å². The number of nitrogens with one attached hydrogen (secondary N) is 3. The highest BCUT2D eigenvalue weighted by atomic mass is 16.2. The molecule has 2 rings (SSSR count). The molecule has 0 radical (unpaired) electrons. The van der Waals surface area contributed by atoms with E-state index in [4.69, 9.17) is 0 Å². The number of carbonyl (C=O) groups excluding carboxylic acids is 4. The van der Waals surface area contributed by atoms with Crippen LogP contribution in [-0.2, 0) is 9.59 Å². The Morgan fingerprint density at radius 3 is 2.60 bits per heavy atom. The first-order valence-corrected chi connectivity index (χ1v) is 7.39. The molecule has 3 N–H and O–H groups in total. The first-order valence-electron chi connectivity index (χ1n) is 7.39. The van der Waals surface area contributed by atoms with Crippen LogP contribution in [0.4, 0.5) is 4.79 Å². The first-order chi connectivity index (χ1) is 12.0. The molecule has 25 heavy (non-hydrogen) atoms. The number of allylic oxidation sites excluding steroid dienone is 1. The molecular weight excluding hydrogens is 326 g/mol. The van der Waals surface area contributed by atoms with E-state index in [9.17, 15) is 19.2 Å². The van der Waals surface area contributed by atoms with Crippen LogP contribution in [0, 0.1) is 5.92 Å². The molecule has 1 aliphatic heterocycles. The SMILES string of the molecule is C=CCN1C(=O)NC(=O)C(C(=CC)NNC(=O)c2ccncc2)C1=O. The number of amides is 5. The number of carbonyl (C=O) groups is 4. The zero-order chi connectivity index (χ0) is 18.4. The Morgan fingerprint density at radius 2 is 2.00 bits per heavy atom. The van der Waals surface area contributed by atoms with Gasteiger partial charge >= 0.3 is 6.03 Å². The predicted octanol–water partition coefficient (Wildman–Crippen LogP) is 0.100. The van der Waals surface area contributed by atoms with E-state index >= 15 is 0 Å². The van der Waals surface area contributed by atoms with Crippen molar-refractivity contribution >= 4 is 23.8 Å². The molecule has 130 valence electrons. The van der Waals surface area contributed by atoms with Crippen LogP contribution in [0.5, 0.6) is 0 Å². The van der Waals surface area contributed by atoms with Gasteiger partial charge in [0, 0.05) is 30.2 Å². The number of hydrogen-bond donors (Lipinski definition) is 3. The van der Waals surface area contributed by atoms with Crippen LogP contribution < -0.4 is 16.2 Å². The van der Waals surface area contributed by atoms with E-state index in [1.54, 1.807) is 6.92 Å². The number of barbiturate groups is 1. The molecule has 2 heterocycles. The van der Waals surface area contributed by atoms with Crippen molar-refractivity contribution in [3.05, 3.63) is 54.5 Å². The Labute approximate surface area is 143 Å². The monoisotopic (exact) mass is 343 g/mol. The van der Waals surface area contributed by atoms with E-state index in [0.29, 0.717) is 5.56 Å². The summed E-state index contributed by atoms with van der Waals surface area (Å²) in [6.45, 7) is 5.03. The van der Waals surface area contributed by atoms with E-state index in [1.807, 2.05) is 0 Å². The van der Waals surface area contributed by atoms with Gasteiger partial charge in [-0.3, -0.25) is 35.0 Å². The maximum atomic E-state index is 12.4. The van der Waals surface area contributed by atoms with Crippen LogP contribution in [0.3, 0.4) is 0 Å². The molecule has 5 amide bonds. The van der Waals surface area contributed by atoms with Crippen LogP contribution >= 0.6 is 0 Å². The lowest BCUT2D eigenvalue weighted by molar-refractivity contribution is -0.140. The molecule has 0 saturated carbocycles. The summed E-state index contributed by atoms with van der Waals surface area (Å²) >= 11 is 0. The summed E-state index contributed by atoms with van der Waals surface area (Å²) in [6, 6.07) is 2.22. The summed E-state index contributed by atoms with van der Waals surface area (Å²) in [4.78, 5) is 53.0. The predicted molar refractivity (Wildman–Crippen MR) is 87.5 cm³/mol. The topological polar surface area (TPSA) is 120 Å². The number of aromatic nitrogens is 1. The molecule has 0 aliphatic carbocycles. The lowest BCUT2D eigenvalue weighted by Gasteiger charge is -2.30. The van der Waals surface area contributed by atoms with Gasteiger partial charge in [0.2, 0.25) is 11.8 Å². The standard InChI is InChI=1S/C16H17N5O4/c1-3-9-21-15(24)12(14(23)18-16(21)25)11(4-2)19-20-13(22)10-5-7-17-8-6-10/h3-8,12,19H,1,9H2,2H3,(H,20,22)(H,18,23,25). The van der Waals surface area contributed by atoms with Crippen LogP contribution in [0.15, 0.2) is 49.0 Å². The molecule has 0 spiro atoms. The van der Waals surface area contributed by atoms with Crippen molar-refractivity contribution in [1.29, 1.82) is 0 Å². The minimum Gasteiger partial charge on any atom is -0.301 e. The Hall–Kier alpha value is -3.49. The summed E-state index contributed by atoms with van der Waals surface area (Å²) in [5.74, 6) is -3.22. The smallest absolute Gasteiger partial charge is 0.301 e. The highest BCUT2D eigenvalue weighted by molar-refractivity contribution is 6.17. The molecular formula is C16H17N5O4. The normalized spacial score (nSPS) is 17.8. The molecule has 1 aliphatic rings. The number of imide groups is 2. The highest BCUT2D eigenvalue weighted by Crippen LogP contribution is 2.17. The minimum absolute atomic E-state index is 0.0329. The Morgan fingerprint density at radius 1 is 1.32 bits per heavy atom. The van der Waals surface area contributed by atoms with Crippen LogP contribution in [-0.4, -0.2) is 40.2 Å². The summed E-state index contributed by atoms with van der Waals surface area (Å²) in [7, 11) is 0. The lowest BCUT2D eigenvalue weighted by atomic mass is 10.0. The van der Waals surface area contributed by atoms with Gasteiger partial charge in [-0.15, -0.1) is 6.58 Å². The van der Waals surface area contributed by atoms with Crippen LogP contribution in [0.2, 0.25) is 0 Å². The second kappa shape index (κ2) is 7.86. The fourth-order valence-electron chi connectivity index (χ4n) is 2.20. The van der Waals surface area contributed by atoms with Crippen molar-refractivity contribution in [3.63, 3.8) is 0 Å². The number of hydrazine groups is 1. The zero-order valence-corrected chi connectivity index (χ0v) is 13.5. The van der Waals surface area contributed by atoms with E-state index in [1.165, 1.54) is 36.7 Å². The quantitative estimate of drug-likeness (QED) is 0.383. The van der Waals surface area contributed by atoms with Gasteiger partial charge in [0.05, 0.1) is 0 Å². The van der Waals surface area contributed by atoms with Crippen LogP contribution in [0.1, 0.15) is 17.3 Å². The Bertz CT molecular complexity index is 744. The maximum Gasteiger partial charge on any atom is 0.331 e. The Kier molecular flexibility index (Phi) is 5.62. The Balaban J connectivity index is 2.12. The van der Waals surface area contributed by atoms with Gasteiger partial charge in [-0.1, -0.05) is 12.2 Å². The fourth-order valence-corrected chi connectivity index (χ4v) is 2.20. The third-order valence-electron chi connectivity index (χ3n) is 3.45. The van der Waals surface area contributed by atoms with Crippen molar-refractivity contribution in [2.24, 2.45) is 5.92 Å². The third-order valence-corrected chi connectivity index (χ3v) is 3.45. The molecule has 1 fully saturated rings. The highest BCUT2D eigenvalue weighted by Gasteiger charge is 2.42. The number of urea groups is 1. The molecule has 9 nitrogen and oxygen atoms in total. The van der Waals surface area contributed by atoms with Crippen LogP contribution in [0.25, 0.3) is 0 Å². The molecule has 1 aromatic rings.